The van der Waals surface area contributed by atoms with Gasteiger partial charge in [-0.2, -0.15) is 0 Å². The number of morpholine rings is 1. The van der Waals surface area contributed by atoms with Crippen molar-refractivity contribution in [1.82, 2.24) is 15.2 Å². The maximum atomic E-state index is 12.7. The number of amides is 2. The summed E-state index contributed by atoms with van der Waals surface area (Å²) in [4.78, 5) is 30.6. The Kier molecular flexibility index (Phi) is 10.2. The van der Waals surface area contributed by atoms with Gasteiger partial charge in [-0.05, 0) is 47.4 Å². The SMILES string of the molecule is CC.N=C(CNC(=O)c1cncc(Cc2ccc(CN3CCOCC3=O)cc2)c1)c1cc(Cl)ccc1N. The summed E-state index contributed by atoms with van der Waals surface area (Å²) in [7, 11) is 0. The van der Waals surface area contributed by atoms with Crippen molar-refractivity contribution in [2.24, 2.45) is 0 Å². The molecule has 1 fully saturated rings. The molecule has 0 aliphatic carbocycles. The summed E-state index contributed by atoms with van der Waals surface area (Å²) >= 11 is 5.99. The molecule has 2 heterocycles. The first-order valence-electron chi connectivity index (χ1n) is 12.2. The number of anilines is 1. The molecule has 0 radical (unpaired) electrons. The van der Waals surface area contributed by atoms with Crippen LogP contribution in [0.1, 0.15) is 46.5 Å². The number of pyridine rings is 1. The number of ether oxygens (including phenoxy) is 1. The van der Waals surface area contributed by atoms with Crippen LogP contribution in [0.25, 0.3) is 0 Å². The number of benzene rings is 2. The summed E-state index contributed by atoms with van der Waals surface area (Å²) < 4.78 is 5.17. The third-order valence-corrected chi connectivity index (χ3v) is 5.95. The number of nitrogens with zero attached hydrogens (tertiary/aromatic N) is 2. The van der Waals surface area contributed by atoms with Crippen LogP contribution in [0.2, 0.25) is 5.02 Å². The van der Waals surface area contributed by atoms with Gasteiger partial charge in [-0.25, -0.2) is 0 Å². The Bertz CT molecular complexity index is 1250. The van der Waals surface area contributed by atoms with Crippen molar-refractivity contribution in [1.29, 1.82) is 5.41 Å². The molecular formula is C28H32ClN5O3. The van der Waals surface area contributed by atoms with Gasteiger partial charge >= 0.3 is 0 Å². The number of hydrogen-bond acceptors (Lipinski definition) is 6. The maximum absolute atomic E-state index is 12.7. The van der Waals surface area contributed by atoms with E-state index < -0.39 is 0 Å². The van der Waals surface area contributed by atoms with E-state index in [1.165, 1.54) is 6.20 Å². The lowest BCUT2D eigenvalue weighted by Crippen LogP contribution is -2.40. The van der Waals surface area contributed by atoms with Crippen molar-refractivity contribution in [3.8, 4) is 0 Å². The Balaban J connectivity index is 0.00000186. The summed E-state index contributed by atoms with van der Waals surface area (Å²) in [5.74, 6) is -0.317. The Morgan fingerprint density at radius 2 is 1.84 bits per heavy atom. The Morgan fingerprint density at radius 1 is 1.11 bits per heavy atom. The quantitative estimate of drug-likeness (QED) is 0.304. The number of nitrogens with one attached hydrogen (secondary N) is 2. The smallest absolute Gasteiger partial charge is 0.253 e. The van der Waals surface area contributed by atoms with Crippen LogP contribution in [0.5, 0.6) is 0 Å². The number of rotatable bonds is 8. The lowest BCUT2D eigenvalue weighted by molar-refractivity contribution is -0.143. The predicted octanol–water partition coefficient (Wildman–Crippen LogP) is 4.09. The molecular weight excluding hydrogens is 490 g/mol. The van der Waals surface area contributed by atoms with Crippen LogP contribution in [0, 0.1) is 5.41 Å². The average Bonchev–Trinajstić information content (AvgIpc) is 2.92. The molecule has 1 aliphatic rings. The molecule has 0 atom stereocenters. The predicted molar refractivity (Wildman–Crippen MR) is 146 cm³/mol. The van der Waals surface area contributed by atoms with Gasteiger partial charge in [-0.3, -0.25) is 14.6 Å². The second-order valence-electron chi connectivity index (χ2n) is 8.34. The van der Waals surface area contributed by atoms with Crippen LogP contribution in [0.15, 0.2) is 60.9 Å². The van der Waals surface area contributed by atoms with Crippen LogP contribution in [-0.2, 0) is 22.5 Å². The highest BCUT2D eigenvalue weighted by Gasteiger charge is 2.18. The van der Waals surface area contributed by atoms with Gasteiger partial charge in [0.15, 0.2) is 0 Å². The number of carbonyl (C=O) groups excluding carboxylic acids is 2. The van der Waals surface area contributed by atoms with Crippen molar-refractivity contribution < 1.29 is 14.3 Å². The zero-order chi connectivity index (χ0) is 26.8. The van der Waals surface area contributed by atoms with Crippen LogP contribution in [-0.4, -0.2) is 53.7 Å². The molecule has 8 nitrogen and oxygen atoms in total. The van der Waals surface area contributed by atoms with E-state index in [1.54, 1.807) is 35.4 Å². The minimum Gasteiger partial charge on any atom is -0.398 e. The van der Waals surface area contributed by atoms with Crippen LogP contribution in [0.3, 0.4) is 0 Å². The van der Waals surface area contributed by atoms with Gasteiger partial charge in [-0.1, -0.05) is 49.7 Å². The van der Waals surface area contributed by atoms with Crippen molar-refractivity contribution >= 4 is 34.8 Å². The molecule has 9 heteroatoms. The monoisotopic (exact) mass is 521 g/mol. The van der Waals surface area contributed by atoms with Crippen LogP contribution >= 0.6 is 11.6 Å². The Hall–Kier alpha value is -3.75. The number of carbonyl (C=O) groups is 2. The van der Waals surface area contributed by atoms with Crippen LogP contribution < -0.4 is 11.1 Å². The molecule has 1 saturated heterocycles. The van der Waals surface area contributed by atoms with E-state index >= 15 is 0 Å². The summed E-state index contributed by atoms with van der Waals surface area (Å²) in [6.45, 7) is 5.89. The molecule has 0 bridgehead atoms. The fourth-order valence-corrected chi connectivity index (χ4v) is 3.97. The zero-order valence-electron chi connectivity index (χ0n) is 21.1. The van der Waals surface area contributed by atoms with Crippen molar-refractivity contribution in [3.63, 3.8) is 0 Å². The van der Waals surface area contributed by atoms with Crippen molar-refractivity contribution in [2.75, 3.05) is 32.0 Å². The molecule has 0 unspecified atom stereocenters. The number of nitrogens with two attached hydrogens (primary N) is 1. The molecule has 1 aromatic heterocycles. The third-order valence-electron chi connectivity index (χ3n) is 5.71. The number of hydrogen-bond donors (Lipinski definition) is 3. The third kappa shape index (κ3) is 7.87. The Labute approximate surface area is 222 Å². The maximum Gasteiger partial charge on any atom is 0.253 e. The van der Waals surface area contributed by atoms with Gasteiger partial charge in [0.25, 0.3) is 5.91 Å². The normalized spacial score (nSPS) is 12.9. The molecule has 0 spiro atoms. The summed E-state index contributed by atoms with van der Waals surface area (Å²) in [6.07, 6.45) is 3.84. The summed E-state index contributed by atoms with van der Waals surface area (Å²) in [5, 5.41) is 11.4. The van der Waals surface area contributed by atoms with Gasteiger partial charge in [0.05, 0.1) is 24.4 Å². The molecule has 4 rings (SSSR count). The van der Waals surface area contributed by atoms with Gasteiger partial charge in [0.1, 0.15) is 6.61 Å². The lowest BCUT2D eigenvalue weighted by atomic mass is 10.0. The van der Waals surface area contributed by atoms with E-state index in [2.05, 4.69) is 10.3 Å². The minimum atomic E-state index is -0.324. The molecule has 0 saturated carbocycles. The van der Waals surface area contributed by atoms with E-state index in [4.69, 9.17) is 27.5 Å². The topological polar surface area (TPSA) is 121 Å². The highest BCUT2D eigenvalue weighted by atomic mass is 35.5. The summed E-state index contributed by atoms with van der Waals surface area (Å²) in [5.41, 5.74) is 10.4. The minimum absolute atomic E-state index is 0.00710. The molecule has 3 aromatic rings. The van der Waals surface area contributed by atoms with Gasteiger partial charge in [0, 0.05) is 41.8 Å². The molecule has 1 aliphatic heterocycles. The molecule has 4 N–H and O–H groups in total. The van der Waals surface area contributed by atoms with Crippen molar-refractivity contribution in [2.45, 2.75) is 26.8 Å². The molecule has 2 aromatic carbocycles. The number of halogens is 1. The number of aromatic nitrogens is 1. The molecule has 194 valence electrons. The average molecular weight is 522 g/mol. The van der Waals surface area contributed by atoms with E-state index in [-0.39, 0.29) is 30.7 Å². The first-order valence-corrected chi connectivity index (χ1v) is 12.5. The molecule has 37 heavy (non-hydrogen) atoms. The fraction of sp³-hybridized carbons (Fsp3) is 0.286. The van der Waals surface area contributed by atoms with Crippen molar-refractivity contribution in [3.05, 3.63) is 93.8 Å². The second-order valence-corrected chi connectivity index (χ2v) is 8.77. The first kappa shape index (κ1) is 27.8. The van der Waals surface area contributed by atoms with Gasteiger partial charge in [-0.15, -0.1) is 0 Å². The fourth-order valence-electron chi connectivity index (χ4n) is 3.80. The number of nitrogen functional groups attached to an aromatic ring is 1. The highest BCUT2D eigenvalue weighted by Crippen LogP contribution is 2.18. The van der Waals surface area contributed by atoms with Gasteiger partial charge < -0.3 is 26.1 Å². The first-order chi connectivity index (χ1) is 17.9. The lowest BCUT2D eigenvalue weighted by Gasteiger charge is -2.26. The van der Waals surface area contributed by atoms with Crippen LogP contribution in [0.4, 0.5) is 5.69 Å². The second kappa shape index (κ2) is 13.5. The standard InChI is InChI=1S/C26H26ClN5O3.C2H6/c27-21-5-6-23(28)22(11-21)24(29)14-31-26(34)20-10-19(12-30-13-20)9-17-1-3-18(4-2-17)15-32-7-8-35-16-25(32)33;1-2/h1-6,10-13,29H,7-9,14-16,28H2,(H,31,34);1-2H3. The molecule has 2 amide bonds. The zero-order valence-corrected chi connectivity index (χ0v) is 21.8. The van der Waals surface area contributed by atoms with E-state index in [1.807, 2.05) is 38.1 Å². The Morgan fingerprint density at radius 3 is 2.57 bits per heavy atom. The van der Waals surface area contributed by atoms with E-state index in [9.17, 15) is 9.59 Å². The van der Waals surface area contributed by atoms with E-state index in [0.29, 0.717) is 48.0 Å². The highest BCUT2D eigenvalue weighted by molar-refractivity contribution is 6.31. The van der Waals surface area contributed by atoms with Gasteiger partial charge in [0.2, 0.25) is 5.91 Å². The van der Waals surface area contributed by atoms with E-state index in [0.717, 1.165) is 16.7 Å². The largest absolute Gasteiger partial charge is 0.398 e. The summed E-state index contributed by atoms with van der Waals surface area (Å²) in [6, 6.07) is 14.7.